The predicted octanol–water partition coefficient (Wildman–Crippen LogP) is 4.95. The third-order valence-electron chi connectivity index (χ3n) is 5.94. The summed E-state index contributed by atoms with van der Waals surface area (Å²) < 4.78 is 13.2. The molecular formula is C26H30ClN3O4S. The molecule has 0 saturated heterocycles. The molecule has 7 nitrogen and oxygen atoms in total. The zero-order valence-corrected chi connectivity index (χ0v) is 21.9. The molecule has 0 bridgehead atoms. The Morgan fingerprint density at radius 2 is 2.03 bits per heavy atom. The summed E-state index contributed by atoms with van der Waals surface area (Å²) in [6.45, 7) is 4.93. The number of fused-ring (bicyclic) bond motifs is 3. The summed E-state index contributed by atoms with van der Waals surface area (Å²) in [7, 11) is 3.50. The lowest BCUT2D eigenvalue weighted by molar-refractivity contribution is -0.125. The first-order valence-corrected chi connectivity index (χ1v) is 12.9. The van der Waals surface area contributed by atoms with Gasteiger partial charge in [-0.25, -0.2) is 0 Å². The Morgan fingerprint density at radius 1 is 1.26 bits per heavy atom. The molecule has 1 aliphatic rings. The first-order chi connectivity index (χ1) is 16.8. The van der Waals surface area contributed by atoms with E-state index in [-0.39, 0.29) is 23.7 Å². The standard InChI is InChI=1S/C26H30ClN3O4S/c1-16(2)34-13-7-12-28-25(32)24-23-18-8-5-6-9-19(18)29(3)26(23)35-15-22(31)30(24)20-14-17(27)10-11-21(20)33-4/h5-6,8-11,14,16,24H,7,12-13,15H2,1-4H3,(H,28,32)/t24-/m1/s1. The zero-order valence-electron chi connectivity index (χ0n) is 20.3. The second-order valence-corrected chi connectivity index (χ2v) is 10.0. The van der Waals surface area contributed by atoms with E-state index in [4.69, 9.17) is 21.1 Å². The number of methoxy groups -OCH3 is 1. The number of para-hydroxylation sites is 1. The highest BCUT2D eigenvalue weighted by molar-refractivity contribution is 8.00. The highest BCUT2D eigenvalue weighted by atomic mass is 35.5. The van der Waals surface area contributed by atoms with Gasteiger partial charge in [-0.2, -0.15) is 0 Å². The van der Waals surface area contributed by atoms with Crippen molar-refractivity contribution in [1.82, 2.24) is 9.88 Å². The van der Waals surface area contributed by atoms with Crippen LogP contribution in [0.2, 0.25) is 5.02 Å². The number of carbonyl (C=O) groups excluding carboxylic acids is 2. The van der Waals surface area contributed by atoms with Gasteiger partial charge >= 0.3 is 0 Å². The van der Waals surface area contributed by atoms with Crippen molar-refractivity contribution in [3.05, 3.63) is 53.1 Å². The van der Waals surface area contributed by atoms with E-state index in [0.29, 0.717) is 36.0 Å². The summed E-state index contributed by atoms with van der Waals surface area (Å²) in [5.41, 5.74) is 2.27. The first kappa shape index (κ1) is 25.4. The summed E-state index contributed by atoms with van der Waals surface area (Å²) in [6, 6.07) is 12.1. The Bertz CT molecular complexity index is 1240. The van der Waals surface area contributed by atoms with E-state index in [1.165, 1.54) is 23.8 Å². The third kappa shape index (κ3) is 5.15. The highest BCUT2D eigenvalue weighted by Crippen LogP contribution is 2.45. The van der Waals surface area contributed by atoms with Gasteiger partial charge in [-0.05, 0) is 44.5 Å². The quantitative estimate of drug-likeness (QED) is 0.430. The zero-order chi connectivity index (χ0) is 25.1. The molecule has 0 saturated carbocycles. The van der Waals surface area contributed by atoms with Crippen molar-refractivity contribution in [3.8, 4) is 5.75 Å². The van der Waals surface area contributed by atoms with Gasteiger partial charge in [0, 0.05) is 41.7 Å². The molecule has 35 heavy (non-hydrogen) atoms. The molecule has 3 aromatic rings. The SMILES string of the molecule is COc1ccc(Cl)cc1N1C(=O)CSc2c(c3ccccc3n2C)[C@@H]1C(=O)NCCCOC(C)C. The average Bonchev–Trinajstić information content (AvgIpc) is 3.01. The molecule has 1 atom stereocenters. The van der Waals surface area contributed by atoms with Crippen molar-refractivity contribution in [2.24, 2.45) is 7.05 Å². The predicted molar refractivity (Wildman–Crippen MR) is 141 cm³/mol. The molecule has 2 heterocycles. The van der Waals surface area contributed by atoms with Crippen molar-refractivity contribution < 1.29 is 19.1 Å². The van der Waals surface area contributed by atoms with Crippen molar-refractivity contribution >= 4 is 51.8 Å². The van der Waals surface area contributed by atoms with Crippen LogP contribution in [-0.4, -0.2) is 48.5 Å². The fraction of sp³-hybridized carbons (Fsp3) is 0.385. The van der Waals surface area contributed by atoms with Crippen LogP contribution >= 0.6 is 23.4 Å². The number of ether oxygens (including phenoxy) is 2. The maximum atomic E-state index is 13.8. The average molecular weight is 516 g/mol. The maximum absolute atomic E-state index is 13.8. The lowest BCUT2D eigenvalue weighted by Crippen LogP contribution is -2.44. The summed E-state index contributed by atoms with van der Waals surface area (Å²) in [6.07, 6.45) is 0.800. The topological polar surface area (TPSA) is 72.8 Å². The smallest absolute Gasteiger partial charge is 0.247 e. The number of amides is 2. The van der Waals surface area contributed by atoms with Crippen LogP contribution in [0.15, 0.2) is 47.5 Å². The van der Waals surface area contributed by atoms with E-state index in [1.54, 1.807) is 18.2 Å². The van der Waals surface area contributed by atoms with Crippen LogP contribution in [0, 0.1) is 0 Å². The number of hydrogen-bond donors (Lipinski definition) is 1. The number of anilines is 1. The summed E-state index contributed by atoms with van der Waals surface area (Å²) >= 11 is 7.78. The molecule has 9 heteroatoms. The van der Waals surface area contributed by atoms with Gasteiger partial charge in [0.05, 0.1) is 29.7 Å². The number of nitrogens with one attached hydrogen (secondary N) is 1. The number of nitrogens with zero attached hydrogens (tertiary/aromatic N) is 2. The minimum Gasteiger partial charge on any atom is -0.495 e. The molecular weight excluding hydrogens is 486 g/mol. The van der Waals surface area contributed by atoms with Gasteiger partial charge in [-0.3, -0.25) is 14.5 Å². The summed E-state index contributed by atoms with van der Waals surface area (Å²) in [5.74, 6) is 0.197. The van der Waals surface area contributed by atoms with E-state index < -0.39 is 6.04 Å². The maximum Gasteiger partial charge on any atom is 0.247 e. The van der Waals surface area contributed by atoms with E-state index in [2.05, 4.69) is 9.88 Å². The summed E-state index contributed by atoms with van der Waals surface area (Å²) in [4.78, 5) is 28.9. The van der Waals surface area contributed by atoms with E-state index in [9.17, 15) is 9.59 Å². The van der Waals surface area contributed by atoms with Crippen molar-refractivity contribution in [2.45, 2.75) is 37.4 Å². The van der Waals surface area contributed by atoms with Crippen LogP contribution in [0.1, 0.15) is 31.9 Å². The second kappa shape index (κ2) is 10.9. The Labute approximate surface area is 214 Å². The molecule has 186 valence electrons. The molecule has 1 aliphatic heterocycles. The van der Waals surface area contributed by atoms with Crippen LogP contribution in [-0.2, 0) is 21.4 Å². The molecule has 0 unspecified atom stereocenters. The van der Waals surface area contributed by atoms with Gasteiger partial charge in [0.25, 0.3) is 0 Å². The fourth-order valence-electron chi connectivity index (χ4n) is 4.38. The molecule has 0 radical (unpaired) electrons. The van der Waals surface area contributed by atoms with E-state index in [1.807, 2.05) is 45.2 Å². The molecule has 2 amide bonds. The number of halogens is 1. The van der Waals surface area contributed by atoms with Gasteiger partial charge in [-0.15, -0.1) is 0 Å². The van der Waals surface area contributed by atoms with Gasteiger partial charge in [0.2, 0.25) is 11.8 Å². The Balaban J connectivity index is 1.82. The van der Waals surface area contributed by atoms with Gasteiger partial charge < -0.3 is 19.4 Å². The van der Waals surface area contributed by atoms with Gasteiger partial charge in [0.1, 0.15) is 11.8 Å². The largest absolute Gasteiger partial charge is 0.495 e. The minimum absolute atomic E-state index is 0.131. The van der Waals surface area contributed by atoms with Crippen molar-refractivity contribution in [1.29, 1.82) is 0 Å². The van der Waals surface area contributed by atoms with E-state index in [0.717, 1.165) is 21.5 Å². The highest BCUT2D eigenvalue weighted by Gasteiger charge is 2.40. The number of rotatable bonds is 8. The lowest BCUT2D eigenvalue weighted by atomic mass is 10.0. The van der Waals surface area contributed by atoms with Crippen LogP contribution < -0.4 is 15.0 Å². The molecule has 0 aliphatic carbocycles. The number of benzene rings is 2. The van der Waals surface area contributed by atoms with Crippen LogP contribution in [0.3, 0.4) is 0 Å². The van der Waals surface area contributed by atoms with Crippen molar-refractivity contribution in [2.75, 3.05) is 30.9 Å². The number of carbonyl (C=O) groups is 2. The fourth-order valence-corrected chi connectivity index (χ4v) is 5.62. The molecule has 0 fully saturated rings. The van der Waals surface area contributed by atoms with Crippen LogP contribution in [0.4, 0.5) is 5.69 Å². The monoisotopic (exact) mass is 515 g/mol. The number of hydrogen-bond acceptors (Lipinski definition) is 5. The Morgan fingerprint density at radius 3 is 2.77 bits per heavy atom. The molecule has 1 N–H and O–H groups in total. The third-order valence-corrected chi connectivity index (χ3v) is 7.34. The number of aromatic nitrogens is 1. The van der Waals surface area contributed by atoms with Crippen LogP contribution in [0.5, 0.6) is 5.75 Å². The van der Waals surface area contributed by atoms with Gasteiger partial charge in [-0.1, -0.05) is 41.6 Å². The molecule has 4 rings (SSSR count). The minimum atomic E-state index is -0.892. The first-order valence-electron chi connectivity index (χ1n) is 11.6. The number of aryl methyl sites for hydroxylation is 1. The molecule has 0 spiro atoms. The Hall–Kier alpha value is -2.68. The lowest BCUT2D eigenvalue weighted by Gasteiger charge is -2.31. The van der Waals surface area contributed by atoms with Crippen LogP contribution in [0.25, 0.3) is 10.9 Å². The number of thioether (sulfide) groups is 1. The van der Waals surface area contributed by atoms with Crippen molar-refractivity contribution in [3.63, 3.8) is 0 Å². The second-order valence-electron chi connectivity index (χ2n) is 8.63. The summed E-state index contributed by atoms with van der Waals surface area (Å²) in [5, 5.41) is 5.32. The van der Waals surface area contributed by atoms with Gasteiger partial charge in [0.15, 0.2) is 0 Å². The Kier molecular flexibility index (Phi) is 7.94. The molecule has 1 aromatic heterocycles. The molecule has 2 aromatic carbocycles. The van der Waals surface area contributed by atoms with E-state index >= 15 is 0 Å². The normalized spacial score (nSPS) is 15.9.